The normalized spacial score (nSPS) is 15.0. The van der Waals surface area contributed by atoms with E-state index in [4.69, 9.17) is 4.42 Å². The highest BCUT2D eigenvalue weighted by Gasteiger charge is 2.29. The Morgan fingerprint density at radius 1 is 1.29 bits per heavy atom. The predicted molar refractivity (Wildman–Crippen MR) is 89.8 cm³/mol. The summed E-state index contributed by atoms with van der Waals surface area (Å²) in [5, 5.41) is 11.1. The van der Waals surface area contributed by atoms with Crippen LogP contribution in [0.1, 0.15) is 37.1 Å². The Morgan fingerprint density at radius 3 is 2.71 bits per heavy atom. The molecule has 1 saturated carbocycles. The summed E-state index contributed by atoms with van der Waals surface area (Å²) in [6.45, 7) is 1.49. The van der Waals surface area contributed by atoms with Crippen LogP contribution in [0, 0.1) is 0 Å². The SMILES string of the molecule is CC(=O)[C@@H](Cc1ccccc1)NC(=O)CSc1nnc(C2CC2)o1. The molecule has 0 bridgehead atoms. The number of carbonyl (C=O) groups is 2. The Kier molecular flexibility index (Phi) is 5.30. The lowest BCUT2D eigenvalue weighted by Gasteiger charge is -2.15. The van der Waals surface area contributed by atoms with Gasteiger partial charge < -0.3 is 9.73 Å². The fraction of sp³-hybridized carbons (Fsp3) is 0.412. The van der Waals surface area contributed by atoms with Gasteiger partial charge in [0, 0.05) is 5.92 Å². The molecule has 0 saturated heterocycles. The zero-order valence-corrected chi connectivity index (χ0v) is 14.2. The van der Waals surface area contributed by atoms with Gasteiger partial charge in [-0.1, -0.05) is 42.1 Å². The van der Waals surface area contributed by atoms with Gasteiger partial charge in [-0.3, -0.25) is 9.59 Å². The Morgan fingerprint density at radius 2 is 2.04 bits per heavy atom. The second kappa shape index (κ2) is 7.61. The highest BCUT2D eigenvalue weighted by atomic mass is 32.2. The summed E-state index contributed by atoms with van der Waals surface area (Å²) in [6, 6.07) is 9.10. The van der Waals surface area contributed by atoms with Crippen LogP contribution in [0.5, 0.6) is 0 Å². The van der Waals surface area contributed by atoms with Crippen molar-refractivity contribution in [1.29, 1.82) is 0 Å². The van der Waals surface area contributed by atoms with E-state index in [1.165, 1.54) is 18.7 Å². The van der Waals surface area contributed by atoms with Crippen LogP contribution in [0.25, 0.3) is 0 Å². The maximum Gasteiger partial charge on any atom is 0.277 e. The van der Waals surface area contributed by atoms with Gasteiger partial charge in [0.1, 0.15) is 0 Å². The molecule has 1 aliphatic rings. The van der Waals surface area contributed by atoms with Crippen LogP contribution in [-0.2, 0) is 16.0 Å². The van der Waals surface area contributed by atoms with Gasteiger partial charge in [0.25, 0.3) is 5.22 Å². The summed E-state index contributed by atoms with van der Waals surface area (Å²) in [4.78, 5) is 23.9. The van der Waals surface area contributed by atoms with E-state index in [0.717, 1.165) is 18.4 Å². The van der Waals surface area contributed by atoms with E-state index >= 15 is 0 Å². The van der Waals surface area contributed by atoms with Gasteiger partial charge in [-0.2, -0.15) is 0 Å². The van der Waals surface area contributed by atoms with Gasteiger partial charge in [-0.25, -0.2) is 0 Å². The number of hydrogen-bond donors (Lipinski definition) is 1. The quantitative estimate of drug-likeness (QED) is 0.739. The van der Waals surface area contributed by atoms with E-state index in [9.17, 15) is 9.59 Å². The summed E-state index contributed by atoms with van der Waals surface area (Å²) >= 11 is 1.19. The second-order valence-corrected chi connectivity index (χ2v) is 6.82. The maximum atomic E-state index is 12.1. The average Bonchev–Trinajstić information content (AvgIpc) is 3.32. The minimum Gasteiger partial charge on any atom is -0.416 e. The average molecular weight is 345 g/mol. The van der Waals surface area contributed by atoms with Gasteiger partial charge >= 0.3 is 0 Å². The first-order valence-electron chi connectivity index (χ1n) is 7.92. The molecule has 1 fully saturated rings. The molecule has 0 radical (unpaired) electrons. The molecule has 1 atom stereocenters. The van der Waals surface area contributed by atoms with Crippen LogP contribution in [0.4, 0.5) is 0 Å². The van der Waals surface area contributed by atoms with Crippen LogP contribution in [0.3, 0.4) is 0 Å². The molecule has 1 heterocycles. The molecule has 1 aliphatic carbocycles. The minimum absolute atomic E-state index is 0.0639. The molecule has 126 valence electrons. The molecule has 1 aromatic heterocycles. The van der Waals surface area contributed by atoms with E-state index in [-0.39, 0.29) is 17.4 Å². The van der Waals surface area contributed by atoms with Crippen molar-refractivity contribution in [3.05, 3.63) is 41.8 Å². The number of amides is 1. The Bertz CT molecular complexity index is 713. The van der Waals surface area contributed by atoms with Gasteiger partial charge in [-0.15, -0.1) is 10.2 Å². The lowest BCUT2D eigenvalue weighted by molar-refractivity contribution is -0.125. The second-order valence-electron chi connectivity index (χ2n) is 5.89. The fourth-order valence-corrected chi connectivity index (χ4v) is 2.86. The van der Waals surface area contributed by atoms with Gasteiger partial charge in [0.15, 0.2) is 5.78 Å². The zero-order chi connectivity index (χ0) is 16.9. The third kappa shape index (κ3) is 4.67. The van der Waals surface area contributed by atoms with Crippen molar-refractivity contribution < 1.29 is 14.0 Å². The third-order valence-electron chi connectivity index (χ3n) is 3.78. The van der Waals surface area contributed by atoms with Crippen molar-refractivity contribution in [2.75, 3.05) is 5.75 Å². The number of Topliss-reactive ketones (excluding diaryl/α,β-unsaturated/α-hetero) is 1. The van der Waals surface area contributed by atoms with Gasteiger partial charge in [0.2, 0.25) is 11.8 Å². The van der Waals surface area contributed by atoms with Crippen LogP contribution < -0.4 is 5.32 Å². The van der Waals surface area contributed by atoms with Gasteiger partial charge in [0.05, 0.1) is 11.8 Å². The molecule has 7 heteroatoms. The number of benzene rings is 1. The minimum atomic E-state index is -0.523. The van der Waals surface area contributed by atoms with Crippen LogP contribution in [-0.4, -0.2) is 33.7 Å². The van der Waals surface area contributed by atoms with Crippen LogP contribution >= 0.6 is 11.8 Å². The summed E-state index contributed by atoms with van der Waals surface area (Å²) in [7, 11) is 0. The Hall–Kier alpha value is -2.15. The van der Waals surface area contributed by atoms with Gasteiger partial charge in [-0.05, 0) is 31.7 Å². The smallest absolute Gasteiger partial charge is 0.277 e. The Labute approximate surface area is 144 Å². The standard InChI is InChI=1S/C17H19N3O3S/c1-11(21)14(9-12-5-3-2-4-6-12)18-15(22)10-24-17-20-19-16(23-17)13-7-8-13/h2-6,13-14H,7-10H2,1H3,(H,18,22)/t14-/m1/s1. The summed E-state index contributed by atoms with van der Waals surface area (Å²) < 4.78 is 5.50. The van der Waals surface area contributed by atoms with E-state index in [1.54, 1.807) is 0 Å². The molecule has 1 aromatic carbocycles. The number of nitrogens with one attached hydrogen (secondary N) is 1. The summed E-state index contributed by atoms with van der Waals surface area (Å²) in [5.41, 5.74) is 1.01. The van der Waals surface area contributed by atoms with Crippen molar-refractivity contribution in [3.63, 3.8) is 0 Å². The first-order chi connectivity index (χ1) is 11.6. The van der Waals surface area contributed by atoms with E-state index in [0.29, 0.717) is 23.5 Å². The van der Waals surface area contributed by atoms with Crippen LogP contribution in [0.15, 0.2) is 40.0 Å². The van der Waals surface area contributed by atoms with Crippen molar-refractivity contribution in [3.8, 4) is 0 Å². The van der Waals surface area contributed by atoms with Crippen molar-refractivity contribution in [2.24, 2.45) is 0 Å². The number of thioether (sulfide) groups is 1. The number of aromatic nitrogens is 2. The van der Waals surface area contributed by atoms with Crippen molar-refractivity contribution in [2.45, 2.75) is 43.4 Å². The third-order valence-corrected chi connectivity index (χ3v) is 4.60. The zero-order valence-electron chi connectivity index (χ0n) is 13.4. The predicted octanol–water partition coefficient (Wildman–Crippen LogP) is 2.36. The van der Waals surface area contributed by atoms with E-state index < -0.39 is 6.04 Å². The molecular formula is C17H19N3O3S. The summed E-state index contributed by atoms with van der Waals surface area (Å²) in [5.74, 6) is 0.913. The molecule has 24 heavy (non-hydrogen) atoms. The maximum absolute atomic E-state index is 12.1. The van der Waals surface area contributed by atoms with Crippen molar-refractivity contribution in [1.82, 2.24) is 15.5 Å². The molecular weight excluding hydrogens is 326 g/mol. The molecule has 0 unspecified atom stereocenters. The molecule has 6 nitrogen and oxygen atoms in total. The molecule has 0 spiro atoms. The van der Waals surface area contributed by atoms with E-state index in [1.807, 2.05) is 30.3 Å². The molecule has 1 amide bonds. The number of nitrogens with zero attached hydrogens (tertiary/aromatic N) is 2. The number of ketones is 1. The first kappa shape index (κ1) is 16.7. The fourth-order valence-electron chi connectivity index (χ4n) is 2.28. The van der Waals surface area contributed by atoms with Crippen LogP contribution in [0.2, 0.25) is 0 Å². The lowest BCUT2D eigenvalue weighted by atomic mass is 10.0. The largest absolute Gasteiger partial charge is 0.416 e. The monoisotopic (exact) mass is 345 g/mol. The topological polar surface area (TPSA) is 85.1 Å². The first-order valence-corrected chi connectivity index (χ1v) is 8.90. The highest BCUT2D eigenvalue weighted by molar-refractivity contribution is 7.99. The van der Waals surface area contributed by atoms with Crippen molar-refractivity contribution >= 4 is 23.5 Å². The molecule has 2 aromatic rings. The van der Waals surface area contributed by atoms with E-state index in [2.05, 4.69) is 15.5 Å². The highest BCUT2D eigenvalue weighted by Crippen LogP contribution is 2.39. The molecule has 1 N–H and O–H groups in total. The Balaban J connectivity index is 1.50. The number of rotatable bonds is 8. The number of carbonyl (C=O) groups excluding carboxylic acids is 2. The molecule has 3 rings (SSSR count). The number of hydrogen-bond acceptors (Lipinski definition) is 6. The lowest BCUT2D eigenvalue weighted by Crippen LogP contribution is -2.42. The molecule has 0 aliphatic heterocycles. The summed E-state index contributed by atoms with van der Waals surface area (Å²) in [6.07, 6.45) is 2.66.